The number of anilines is 1. The van der Waals surface area contributed by atoms with Gasteiger partial charge in [0.25, 0.3) is 5.91 Å². The van der Waals surface area contributed by atoms with Gasteiger partial charge in [-0.3, -0.25) is 9.69 Å². The van der Waals surface area contributed by atoms with Crippen LogP contribution in [0.3, 0.4) is 0 Å². The Bertz CT molecular complexity index is 1150. The molecule has 0 bridgehead atoms. The van der Waals surface area contributed by atoms with Gasteiger partial charge in [-0.05, 0) is 41.8 Å². The highest BCUT2D eigenvalue weighted by Crippen LogP contribution is 2.38. The molecule has 126 valence electrons. The van der Waals surface area contributed by atoms with Crippen molar-refractivity contribution in [3.63, 3.8) is 0 Å². The van der Waals surface area contributed by atoms with Crippen LogP contribution in [0.5, 0.6) is 0 Å². The van der Waals surface area contributed by atoms with E-state index in [1.165, 1.54) is 0 Å². The van der Waals surface area contributed by atoms with Gasteiger partial charge < -0.3 is 4.42 Å². The molecule has 4 aromatic rings. The lowest BCUT2D eigenvalue weighted by Gasteiger charge is -2.15. The van der Waals surface area contributed by atoms with Gasteiger partial charge in [0.1, 0.15) is 6.54 Å². The van der Waals surface area contributed by atoms with Crippen molar-refractivity contribution < 1.29 is 9.21 Å². The standard InChI is InChI=1S/C20H12ClN3O2/c21-14-9-7-13(8-10-14)19-23-22-17(26-19)11-24-16-6-2-4-12-3-1-5-15(18(12)16)20(24)25/h1-10H,11H2. The zero-order chi connectivity index (χ0) is 17.7. The van der Waals surface area contributed by atoms with E-state index < -0.39 is 0 Å². The Morgan fingerprint density at radius 3 is 2.54 bits per heavy atom. The molecule has 6 heteroatoms. The largest absolute Gasteiger partial charge is 0.419 e. The van der Waals surface area contributed by atoms with Gasteiger partial charge in [0.05, 0.1) is 5.69 Å². The molecule has 0 fully saturated rings. The lowest BCUT2D eigenvalue weighted by Crippen LogP contribution is -2.26. The highest BCUT2D eigenvalue weighted by Gasteiger charge is 2.30. The first-order valence-electron chi connectivity index (χ1n) is 8.12. The van der Waals surface area contributed by atoms with Crippen molar-refractivity contribution >= 4 is 34.0 Å². The summed E-state index contributed by atoms with van der Waals surface area (Å²) >= 11 is 5.91. The van der Waals surface area contributed by atoms with E-state index >= 15 is 0 Å². The molecule has 1 aliphatic heterocycles. The molecule has 1 aromatic heterocycles. The van der Waals surface area contributed by atoms with Crippen LogP contribution < -0.4 is 4.90 Å². The molecule has 0 N–H and O–H groups in total. The quantitative estimate of drug-likeness (QED) is 0.530. The van der Waals surface area contributed by atoms with Crippen LogP contribution >= 0.6 is 11.6 Å². The van der Waals surface area contributed by atoms with Crippen LogP contribution in [-0.4, -0.2) is 16.1 Å². The number of aromatic nitrogens is 2. The maximum absolute atomic E-state index is 12.8. The van der Waals surface area contributed by atoms with Gasteiger partial charge in [0.15, 0.2) is 0 Å². The minimum Gasteiger partial charge on any atom is -0.419 e. The van der Waals surface area contributed by atoms with E-state index in [2.05, 4.69) is 10.2 Å². The summed E-state index contributed by atoms with van der Waals surface area (Å²) < 4.78 is 5.76. The summed E-state index contributed by atoms with van der Waals surface area (Å²) in [5, 5.41) is 10.8. The zero-order valence-electron chi connectivity index (χ0n) is 13.5. The van der Waals surface area contributed by atoms with Gasteiger partial charge in [-0.2, -0.15) is 0 Å². The van der Waals surface area contributed by atoms with E-state index in [0.717, 1.165) is 22.0 Å². The molecule has 3 aromatic carbocycles. The van der Waals surface area contributed by atoms with Crippen molar-refractivity contribution in [1.29, 1.82) is 0 Å². The number of carbonyl (C=O) groups excluding carboxylic acids is 1. The first-order valence-corrected chi connectivity index (χ1v) is 8.50. The number of rotatable bonds is 3. The molecule has 0 saturated carbocycles. The first-order chi connectivity index (χ1) is 12.7. The number of halogens is 1. The molecule has 1 aliphatic rings. The second-order valence-corrected chi connectivity index (χ2v) is 6.52. The summed E-state index contributed by atoms with van der Waals surface area (Å²) in [6, 6.07) is 18.8. The lowest BCUT2D eigenvalue weighted by atomic mass is 10.1. The Morgan fingerprint density at radius 2 is 1.73 bits per heavy atom. The molecule has 1 amide bonds. The van der Waals surface area contributed by atoms with Crippen molar-refractivity contribution in [3.05, 3.63) is 77.1 Å². The van der Waals surface area contributed by atoms with Gasteiger partial charge in [0.2, 0.25) is 11.8 Å². The summed E-state index contributed by atoms with van der Waals surface area (Å²) in [5.74, 6) is 0.732. The SMILES string of the molecule is O=C1c2cccc3cccc(c23)N1Cc1nnc(-c2ccc(Cl)cc2)o1. The Hall–Kier alpha value is -3.18. The highest BCUT2D eigenvalue weighted by atomic mass is 35.5. The van der Waals surface area contributed by atoms with Crippen molar-refractivity contribution in [1.82, 2.24) is 10.2 Å². The van der Waals surface area contributed by atoms with E-state index in [1.54, 1.807) is 17.0 Å². The van der Waals surface area contributed by atoms with Gasteiger partial charge in [-0.1, -0.05) is 35.9 Å². The fraction of sp³-hybridized carbons (Fsp3) is 0.0500. The molecule has 0 unspecified atom stereocenters. The molecule has 0 spiro atoms. The van der Waals surface area contributed by atoms with Crippen LogP contribution in [0.15, 0.2) is 65.1 Å². The maximum atomic E-state index is 12.8. The third kappa shape index (κ3) is 2.29. The minimum atomic E-state index is -0.0527. The molecule has 0 atom stereocenters. The molecular weight excluding hydrogens is 350 g/mol. The minimum absolute atomic E-state index is 0.0527. The number of benzene rings is 3. The van der Waals surface area contributed by atoms with Crippen LogP contribution in [-0.2, 0) is 6.54 Å². The summed E-state index contributed by atoms with van der Waals surface area (Å²) in [5.41, 5.74) is 2.36. The second kappa shape index (κ2) is 5.68. The molecular formula is C20H12ClN3O2. The zero-order valence-corrected chi connectivity index (χ0v) is 14.3. The number of amides is 1. The van der Waals surface area contributed by atoms with E-state index in [1.807, 2.05) is 48.5 Å². The molecule has 0 aliphatic carbocycles. The summed E-state index contributed by atoms with van der Waals surface area (Å²) in [6.07, 6.45) is 0. The molecule has 5 nitrogen and oxygen atoms in total. The van der Waals surface area contributed by atoms with Gasteiger partial charge in [-0.15, -0.1) is 10.2 Å². The van der Waals surface area contributed by atoms with Gasteiger partial charge in [0, 0.05) is 21.5 Å². The monoisotopic (exact) mass is 361 g/mol. The predicted molar refractivity (Wildman–Crippen MR) is 99.2 cm³/mol. The number of hydrogen-bond acceptors (Lipinski definition) is 4. The molecule has 0 saturated heterocycles. The smallest absolute Gasteiger partial charge is 0.259 e. The molecule has 2 heterocycles. The average molecular weight is 362 g/mol. The fourth-order valence-corrected chi connectivity index (χ4v) is 3.42. The first kappa shape index (κ1) is 15.1. The Balaban J connectivity index is 1.49. The van der Waals surface area contributed by atoms with Crippen LogP contribution in [0.1, 0.15) is 16.2 Å². The third-order valence-electron chi connectivity index (χ3n) is 4.50. The molecule has 5 rings (SSSR count). The molecule has 0 radical (unpaired) electrons. The predicted octanol–water partition coefficient (Wildman–Crippen LogP) is 4.70. The maximum Gasteiger partial charge on any atom is 0.259 e. The van der Waals surface area contributed by atoms with Crippen molar-refractivity contribution in [3.8, 4) is 11.5 Å². The fourth-order valence-electron chi connectivity index (χ4n) is 3.30. The van der Waals surface area contributed by atoms with E-state index in [-0.39, 0.29) is 12.5 Å². The van der Waals surface area contributed by atoms with E-state index in [9.17, 15) is 4.79 Å². The Labute approximate surface area is 153 Å². The van der Waals surface area contributed by atoms with Gasteiger partial charge >= 0.3 is 0 Å². The van der Waals surface area contributed by atoms with Crippen LogP contribution in [0.25, 0.3) is 22.2 Å². The van der Waals surface area contributed by atoms with Crippen LogP contribution in [0.2, 0.25) is 5.02 Å². The van der Waals surface area contributed by atoms with E-state index in [0.29, 0.717) is 22.4 Å². The number of carbonyl (C=O) groups is 1. The molecule has 26 heavy (non-hydrogen) atoms. The average Bonchev–Trinajstić information content (AvgIpc) is 3.23. The summed E-state index contributed by atoms with van der Waals surface area (Å²) in [4.78, 5) is 14.5. The normalized spacial score (nSPS) is 13.0. The second-order valence-electron chi connectivity index (χ2n) is 6.08. The third-order valence-corrected chi connectivity index (χ3v) is 4.75. The van der Waals surface area contributed by atoms with Crippen molar-refractivity contribution in [2.24, 2.45) is 0 Å². The summed E-state index contributed by atoms with van der Waals surface area (Å²) in [6.45, 7) is 0.229. The van der Waals surface area contributed by atoms with Gasteiger partial charge in [-0.25, -0.2) is 0 Å². The van der Waals surface area contributed by atoms with Crippen LogP contribution in [0.4, 0.5) is 5.69 Å². The number of nitrogens with zero attached hydrogens (tertiary/aromatic N) is 3. The van der Waals surface area contributed by atoms with Crippen LogP contribution in [0, 0.1) is 0 Å². The van der Waals surface area contributed by atoms with Crippen molar-refractivity contribution in [2.75, 3.05) is 4.90 Å². The summed E-state index contributed by atoms with van der Waals surface area (Å²) in [7, 11) is 0. The lowest BCUT2D eigenvalue weighted by molar-refractivity contribution is 0.0989. The number of hydrogen-bond donors (Lipinski definition) is 0. The topological polar surface area (TPSA) is 59.2 Å². The Kier molecular flexibility index (Phi) is 3.30. The Morgan fingerprint density at radius 1 is 0.962 bits per heavy atom. The van der Waals surface area contributed by atoms with Crippen molar-refractivity contribution in [2.45, 2.75) is 6.54 Å². The van der Waals surface area contributed by atoms with E-state index in [4.69, 9.17) is 16.0 Å². The highest BCUT2D eigenvalue weighted by molar-refractivity contribution is 6.30.